The van der Waals surface area contributed by atoms with Gasteiger partial charge in [0.1, 0.15) is 12.4 Å². The number of amides is 1. The summed E-state index contributed by atoms with van der Waals surface area (Å²) in [6.45, 7) is 4.19. The second-order valence-electron chi connectivity index (χ2n) is 6.74. The highest BCUT2D eigenvalue weighted by atomic mass is 32.1. The lowest BCUT2D eigenvalue weighted by Gasteiger charge is -2.06. The van der Waals surface area contributed by atoms with E-state index in [1.807, 2.05) is 66.9 Å². The summed E-state index contributed by atoms with van der Waals surface area (Å²) in [7, 11) is 0. The molecule has 0 saturated heterocycles. The first-order valence-corrected chi connectivity index (χ1v) is 10.8. The molecule has 0 aliphatic carbocycles. The number of rotatable bonds is 11. The number of hydrogen-bond donors (Lipinski definition) is 1. The fourth-order valence-electron chi connectivity index (χ4n) is 2.72. The number of ether oxygens (including phenoxy) is 2. The molecule has 0 aliphatic heterocycles. The van der Waals surface area contributed by atoms with E-state index in [1.54, 1.807) is 17.4 Å². The zero-order chi connectivity index (χ0) is 21.0. The van der Waals surface area contributed by atoms with Crippen LogP contribution in [0.1, 0.15) is 28.2 Å². The lowest BCUT2D eigenvalue weighted by Crippen LogP contribution is -2.23. The van der Waals surface area contributed by atoms with Crippen LogP contribution < -0.4 is 10.1 Å². The number of benzene rings is 2. The molecule has 6 heteroatoms. The van der Waals surface area contributed by atoms with Gasteiger partial charge >= 0.3 is 0 Å². The van der Waals surface area contributed by atoms with E-state index < -0.39 is 0 Å². The maximum absolute atomic E-state index is 12.0. The molecule has 0 aliphatic rings. The van der Waals surface area contributed by atoms with Crippen molar-refractivity contribution in [3.05, 3.63) is 87.9 Å². The number of aryl methyl sites for hydroxylation is 1. The van der Waals surface area contributed by atoms with Gasteiger partial charge in [0, 0.05) is 24.6 Å². The highest BCUT2D eigenvalue weighted by molar-refractivity contribution is 7.09. The second kappa shape index (κ2) is 11.9. The largest absolute Gasteiger partial charge is 0.487 e. The molecule has 3 rings (SSSR count). The molecule has 0 spiro atoms. The summed E-state index contributed by atoms with van der Waals surface area (Å²) in [5.41, 5.74) is 2.98. The summed E-state index contributed by atoms with van der Waals surface area (Å²) in [6.07, 6.45) is 4.08. The molecule has 0 bridgehead atoms. The molecule has 3 aromatic rings. The van der Waals surface area contributed by atoms with E-state index in [9.17, 15) is 4.79 Å². The van der Waals surface area contributed by atoms with Crippen LogP contribution in [0.4, 0.5) is 0 Å². The minimum atomic E-state index is -0.123. The molecule has 0 atom stereocenters. The van der Waals surface area contributed by atoms with E-state index in [1.165, 1.54) is 6.08 Å². The van der Waals surface area contributed by atoms with Crippen LogP contribution in [0.5, 0.6) is 5.75 Å². The first-order chi connectivity index (χ1) is 14.7. The smallest absolute Gasteiger partial charge is 0.244 e. The molecule has 1 heterocycles. The van der Waals surface area contributed by atoms with Gasteiger partial charge in [-0.3, -0.25) is 4.79 Å². The monoisotopic (exact) mass is 422 g/mol. The maximum Gasteiger partial charge on any atom is 0.244 e. The first-order valence-electron chi connectivity index (χ1n) is 9.90. The van der Waals surface area contributed by atoms with Crippen molar-refractivity contribution in [2.45, 2.75) is 26.6 Å². The van der Waals surface area contributed by atoms with Crippen molar-refractivity contribution >= 4 is 23.3 Å². The molecule has 2 aromatic carbocycles. The van der Waals surface area contributed by atoms with E-state index in [-0.39, 0.29) is 5.91 Å². The Balaban J connectivity index is 1.34. The summed E-state index contributed by atoms with van der Waals surface area (Å²) in [6, 6.07) is 17.7. The van der Waals surface area contributed by atoms with Crippen molar-refractivity contribution < 1.29 is 14.3 Å². The van der Waals surface area contributed by atoms with Gasteiger partial charge in [0.15, 0.2) is 0 Å². The van der Waals surface area contributed by atoms with Crippen LogP contribution in [-0.4, -0.2) is 24.0 Å². The van der Waals surface area contributed by atoms with Crippen LogP contribution in [0.3, 0.4) is 0 Å². The minimum absolute atomic E-state index is 0.123. The third-order valence-corrected chi connectivity index (χ3v) is 5.04. The Bertz CT molecular complexity index is 954. The Hall–Kier alpha value is -2.96. The van der Waals surface area contributed by atoms with E-state index in [2.05, 4.69) is 10.3 Å². The Labute approximate surface area is 181 Å². The highest BCUT2D eigenvalue weighted by Crippen LogP contribution is 2.17. The molecule has 5 nitrogen and oxygen atoms in total. The zero-order valence-electron chi connectivity index (χ0n) is 17.0. The number of carbonyl (C=O) groups excluding carboxylic acids is 1. The van der Waals surface area contributed by atoms with Crippen molar-refractivity contribution in [2.75, 3.05) is 13.2 Å². The van der Waals surface area contributed by atoms with Crippen molar-refractivity contribution in [1.29, 1.82) is 0 Å². The lowest BCUT2D eigenvalue weighted by molar-refractivity contribution is -0.116. The quantitative estimate of drug-likeness (QED) is 0.357. The van der Waals surface area contributed by atoms with Gasteiger partial charge in [-0.15, -0.1) is 11.3 Å². The molecule has 1 aromatic heterocycles. The van der Waals surface area contributed by atoms with Crippen LogP contribution >= 0.6 is 11.3 Å². The van der Waals surface area contributed by atoms with Gasteiger partial charge in [0.05, 0.1) is 17.3 Å². The second-order valence-corrected chi connectivity index (χ2v) is 7.80. The average Bonchev–Trinajstić information content (AvgIpc) is 3.19. The molecular formula is C24H26N2O3S. The lowest BCUT2D eigenvalue weighted by atomic mass is 10.2. The van der Waals surface area contributed by atoms with E-state index in [0.717, 1.165) is 34.0 Å². The molecule has 0 saturated carbocycles. The van der Waals surface area contributed by atoms with Crippen molar-refractivity contribution in [1.82, 2.24) is 10.3 Å². The van der Waals surface area contributed by atoms with Gasteiger partial charge < -0.3 is 14.8 Å². The molecule has 30 heavy (non-hydrogen) atoms. The van der Waals surface area contributed by atoms with Crippen LogP contribution in [-0.2, 0) is 22.7 Å². The first kappa shape index (κ1) is 21.7. The predicted molar refractivity (Wildman–Crippen MR) is 120 cm³/mol. The van der Waals surface area contributed by atoms with Crippen molar-refractivity contribution in [3.63, 3.8) is 0 Å². The number of nitrogens with zero attached hydrogens (tertiary/aromatic N) is 1. The van der Waals surface area contributed by atoms with E-state index in [0.29, 0.717) is 26.4 Å². The van der Waals surface area contributed by atoms with Crippen LogP contribution in [0.2, 0.25) is 0 Å². The summed E-state index contributed by atoms with van der Waals surface area (Å²) in [4.78, 5) is 16.4. The van der Waals surface area contributed by atoms with Gasteiger partial charge in [-0.1, -0.05) is 42.5 Å². The molecular weight excluding hydrogens is 396 g/mol. The average molecular weight is 423 g/mol. The van der Waals surface area contributed by atoms with Gasteiger partial charge in [-0.2, -0.15) is 0 Å². The van der Waals surface area contributed by atoms with Gasteiger partial charge in [0.25, 0.3) is 0 Å². The summed E-state index contributed by atoms with van der Waals surface area (Å²) < 4.78 is 11.4. The molecule has 156 valence electrons. The van der Waals surface area contributed by atoms with Gasteiger partial charge in [0.2, 0.25) is 5.91 Å². The number of nitrogens with one attached hydrogen (secondary N) is 1. The zero-order valence-corrected chi connectivity index (χ0v) is 17.9. The summed E-state index contributed by atoms with van der Waals surface area (Å²) >= 11 is 1.61. The van der Waals surface area contributed by atoms with Crippen LogP contribution in [0, 0.1) is 6.92 Å². The van der Waals surface area contributed by atoms with Crippen molar-refractivity contribution in [3.8, 4) is 5.75 Å². The number of hydrogen-bond acceptors (Lipinski definition) is 5. The standard InChI is InChI=1S/C24H26N2O3S/c1-19-26-22(18-30-19)17-29-23-10-5-9-20(15-23)11-12-24(27)25-13-6-14-28-16-21-7-3-2-4-8-21/h2-5,7-12,15,18H,6,13-14,16-17H2,1H3,(H,25,27)/b12-11+. The number of carbonyl (C=O) groups is 1. The topological polar surface area (TPSA) is 60.5 Å². The van der Waals surface area contributed by atoms with Crippen molar-refractivity contribution in [2.24, 2.45) is 0 Å². The van der Waals surface area contributed by atoms with Gasteiger partial charge in [-0.25, -0.2) is 4.98 Å². The Kier molecular flexibility index (Phi) is 8.62. The van der Waals surface area contributed by atoms with Crippen LogP contribution in [0.15, 0.2) is 66.1 Å². The van der Waals surface area contributed by atoms with Crippen LogP contribution in [0.25, 0.3) is 6.08 Å². The summed E-state index contributed by atoms with van der Waals surface area (Å²) in [5.74, 6) is 0.626. The van der Waals surface area contributed by atoms with Gasteiger partial charge in [-0.05, 0) is 42.7 Å². The molecule has 0 unspecified atom stereocenters. The maximum atomic E-state index is 12.0. The van der Waals surface area contributed by atoms with E-state index in [4.69, 9.17) is 9.47 Å². The SMILES string of the molecule is Cc1nc(COc2cccc(/C=C/C(=O)NCCCOCc3ccccc3)c2)cs1. The normalized spacial score (nSPS) is 11.0. The third kappa shape index (κ3) is 7.81. The van der Waals surface area contributed by atoms with E-state index >= 15 is 0 Å². The third-order valence-electron chi connectivity index (χ3n) is 4.21. The highest BCUT2D eigenvalue weighted by Gasteiger charge is 2.01. The summed E-state index contributed by atoms with van der Waals surface area (Å²) in [5, 5.41) is 5.89. The molecule has 1 N–H and O–H groups in total. The number of aromatic nitrogens is 1. The molecule has 0 fully saturated rings. The fourth-order valence-corrected chi connectivity index (χ4v) is 3.32. The minimum Gasteiger partial charge on any atom is -0.487 e. The molecule has 0 radical (unpaired) electrons. The Morgan fingerprint density at radius 2 is 2.00 bits per heavy atom. The Morgan fingerprint density at radius 1 is 1.13 bits per heavy atom. The Morgan fingerprint density at radius 3 is 2.80 bits per heavy atom. The molecule has 1 amide bonds. The predicted octanol–water partition coefficient (Wildman–Crippen LogP) is 4.77. The fraction of sp³-hybridized carbons (Fsp3) is 0.250. The number of thiazole rings is 1.